The first-order valence-corrected chi connectivity index (χ1v) is 11.9. The van der Waals surface area contributed by atoms with Crippen molar-refractivity contribution in [3.8, 4) is 6.07 Å². The van der Waals surface area contributed by atoms with Gasteiger partial charge in [0.15, 0.2) is 0 Å². The standard InChI is InChI=1S/C26H33N5O5/c1-26(2,3)36-23(32)10-21(30-24(33)19-9-20(13-28-12-19)25(34)35-4)22-14-29-16-31(22)15-18-7-5-17(11-27)6-8-18/h5-8,14,16,19-21,28H,9-10,12-13,15H2,1-4H3,(H,30,33). The summed E-state index contributed by atoms with van der Waals surface area (Å²) in [7, 11) is 1.33. The first-order chi connectivity index (χ1) is 17.1. The Morgan fingerprint density at radius 1 is 1.22 bits per heavy atom. The van der Waals surface area contributed by atoms with E-state index in [2.05, 4.69) is 21.7 Å². The number of hydrogen-bond acceptors (Lipinski definition) is 8. The van der Waals surface area contributed by atoms with Crippen LogP contribution < -0.4 is 10.6 Å². The molecule has 1 aliphatic heterocycles. The Balaban J connectivity index is 1.81. The monoisotopic (exact) mass is 495 g/mol. The van der Waals surface area contributed by atoms with Gasteiger partial charge in [0, 0.05) is 19.6 Å². The molecular weight excluding hydrogens is 462 g/mol. The van der Waals surface area contributed by atoms with Gasteiger partial charge in [-0.3, -0.25) is 14.4 Å². The second-order valence-electron chi connectivity index (χ2n) is 9.92. The Bertz CT molecular complexity index is 1110. The number of nitrogens with one attached hydrogen (secondary N) is 2. The minimum Gasteiger partial charge on any atom is -0.469 e. The zero-order valence-corrected chi connectivity index (χ0v) is 21.1. The van der Waals surface area contributed by atoms with E-state index in [0.717, 1.165) is 5.56 Å². The molecule has 0 radical (unpaired) electrons. The highest BCUT2D eigenvalue weighted by molar-refractivity contribution is 5.82. The third-order valence-corrected chi connectivity index (χ3v) is 5.90. The molecule has 0 aliphatic carbocycles. The third kappa shape index (κ3) is 7.39. The predicted octanol–water partition coefficient (Wildman–Crippen LogP) is 2.09. The Morgan fingerprint density at radius 3 is 2.56 bits per heavy atom. The van der Waals surface area contributed by atoms with Crippen molar-refractivity contribution in [3.05, 3.63) is 53.6 Å². The van der Waals surface area contributed by atoms with E-state index in [1.165, 1.54) is 7.11 Å². The van der Waals surface area contributed by atoms with Crippen LogP contribution in [0.2, 0.25) is 0 Å². The summed E-state index contributed by atoms with van der Waals surface area (Å²) in [6, 6.07) is 8.58. The number of benzene rings is 1. The Kier molecular flexibility index (Phi) is 8.83. The number of amides is 1. The van der Waals surface area contributed by atoms with Crippen molar-refractivity contribution < 1.29 is 23.9 Å². The number of ether oxygens (including phenoxy) is 2. The number of nitriles is 1. The molecule has 1 amide bonds. The lowest BCUT2D eigenvalue weighted by molar-refractivity contribution is -0.155. The SMILES string of the molecule is COC(=O)C1CNCC(C(=O)NC(CC(=O)OC(C)(C)C)c2cncn2Cc2ccc(C#N)cc2)C1. The molecule has 3 unspecified atom stereocenters. The normalized spacial score (nSPS) is 18.5. The number of esters is 2. The fourth-order valence-corrected chi connectivity index (χ4v) is 4.19. The van der Waals surface area contributed by atoms with Crippen molar-refractivity contribution >= 4 is 17.8 Å². The first kappa shape index (κ1) is 26.9. The van der Waals surface area contributed by atoms with Crippen LogP contribution in [0.15, 0.2) is 36.8 Å². The highest BCUT2D eigenvalue weighted by atomic mass is 16.6. The van der Waals surface area contributed by atoms with Crippen LogP contribution in [0.1, 0.15) is 56.5 Å². The van der Waals surface area contributed by atoms with E-state index < -0.39 is 29.4 Å². The van der Waals surface area contributed by atoms with E-state index in [-0.39, 0.29) is 18.3 Å². The maximum atomic E-state index is 13.3. The molecular formula is C26H33N5O5. The number of methoxy groups -OCH3 is 1. The van der Waals surface area contributed by atoms with E-state index >= 15 is 0 Å². The van der Waals surface area contributed by atoms with E-state index in [1.807, 2.05) is 16.7 Å². The molecule has 2 N–H and O–H groups in total. The molecule has 2 heterocycles. The van der Waals surface area contributed by atoms with E-state index in [4.69, 9.17) is 14.7 Å². The minimum absolute atomic E-state index is 0.0807. The largest absolute Gasteiger partial charge is 0.469 e. The van der Waals surface area contributed by atoms with Crippen molar-refractivity contribution in [1.29, 1.82) is 5.26 Å². The lowest BCUT2D eigenvalue weighted by Gasteiger charge is -2.29. The Labute approximate surface area is 211 Å². The zero-order chi connectivity index (χ0) is 26.3. The highest BCUT2D eigenvalue weighted by Crippen LogP contribution is 2.24. The smallest absolute Gasteiger partial charge is 0.309 e. The summed E-state index contributed by atoms with van der Waals surface area (Å²) in [6.45, 7) is 6.67. The summed E-state index contributed by atoms with van der Waals surface area (Å²) in [6.07, 6.45) is 3.53. The lowest BCUT2D eigenvalue weighted by atomic mass is 9.89. The van der Waals surface area contributed by atoms with Crippen LogP contribution >= 0.6 is 0 Å². The van der Waals surface area contributed by atoms with Gasteiger partial charge in [0.25, 0.3) is 0 Å². The van der Waals surface area contributed by atoms with Crippen LogP contribution in [0.4, 0.5) is 0 Å². The summed E-state index contributed by atoms with van der Waals surface area (Å²) in [4.78, 5) is 42.2. The second kappa shape index (κ2) is 11.8. The average Bonchev–Trinajstić information content (AvgIpc) is 3.30. The molecule has 1 aliphatic rings. The van der Waals surface area contributed by atoms with Crippen molar-refractivity contribution in [3.63, 3.8) is 0 Å². The van der Waals surface area contributed by atoms with Crippen molar-refractivity contribution in [2.24, 2.45) is 11.8 Å². The van der Waals surface area contributed by atoms with Crippen LogP contribution in [-0.4, -0.2) is 53.2 Å². The fraction of sp³-hybridized carbons (Fsp3) is 0.500. The van der Waals surface area contributed by atoms with Crippen molar-refractivity contribution in [2.45, 2.75) is 51.8 Å². The highest BCUT2D eigenvalue weighted by Gasteiger charge is 2.34. The Morgan fingerprint density at radius 2 is 1.92 bits per heavy atom. The van der Waals surface area contributed by atoms with Gasteiger partial charge in [-0.05, 0) is 44.9 Å². The molecule has 10 heteroatoms. The predicted molar refractivity (Wildman–Crippen MR) is 130 cm³/mol. The Hall–Kier alpha value is -3.71. The van der Waals surface area contributed by atoms with Gasteiger partial charge in [-0.1, -0.05) is 12.1 Å². The summed E-state index contributed by atoms with van der Waals surface area (Å²) in [5.74, 6) is -1.95. The molecule has 192 valence electrons. The van der Waals surface area contributed by atoms with Crippen LogP contribution in [0, 0.1) is 23.2 Å². The van der Waals surface area contributed by atoms with Crippen LogP contribution in [0.25, 0.3) is 0 Å². The quantitative estimate of drug-likeness (QED) is 0.532. The van der Waals surface area contributed by atoms with Gasteiger partial charge in [-0.2, -0.15) is 5.26 Å². The summed E-state index contributed by atoms with van der Waals surface area (Å²) < 4.78 is 12.2. The fourth-order valence-electron chi connectivity index (χ4n) is 4.19. The van der Waals surface area contributed by atoms with Gasteiger partial charge in [0.2, 0.25) is 5.91 Å². The van der Waals surface area contributed by atoms with Crippen LogP contribution in [0.5, 0.6) is 0 Å². The number of piperidine rings is 1. The summed E-state index contributed by atoms with van der Waals surface area (Å²) >= 11 is 0. The van der Waals surface area contributed by atoms with Gasteiger partial charge in [-0.25, -0.2) is 4.98 Å². The van der Waals surface area contributed by atoms with Crippen molar-refractivity contribution in [2.75, 3.05) is 20.2 Å². The maximum absolute atomic E-state index is 13.3. The number of hydrogen-bond donors (Lipinski definition) is 2. The zero-order valence-electron chi connectivity index (χ0n) is 21.1. The van der Waals surface area contributed by atoms with Crippen molar-refractivity contribution in [1.82, 2.24) is 20.2 Å². The van der Waals surface area contributed by atoms with Gasteiger partial charge in [0.1, 0.15) is 5.60 Å². The number of nitrogens with zero attached hydrogens (tertiary/aromatic N) is 3. The van der Waals surface area contributed by atoms with Crippen LogP contribution in [0.3, 0.4) is 0 Å². The molecule has 3 rings (SSSR count). The molecule has 1 saturated heterocycles. The van der Waals surface area contributed by atoms with E-state index in [0.29, 0.717) is 37.3 Å². The molecule has 0 bridgehead atoms. The number of imidazole rings is 1. The molecule has 36 heavy (non-hydrogen) atoms. The molecule has 0 saturated carbocycles. The summed E-state index contributed by atoms with van der Waals surface area (Å²) in [5.41, 5.74) is 1.47. The second-order valence-corrected chi connectivity index (χ2v) is 9.92. The molecule has 10 nitrogen and oxygen atoms in total. The topological polar surface area (TPSA) is 135 Å². The number of carbonyl (C=O) groups excluding carboxylic acids is 3. The number of carbonyl (C=O) groups is 3. The molecule has 1 aromatic heterocycles. The summed E-state index contributed by atoms with van der Waals surface area (Å²) in [5, 5.41) is 15.2. The minimum atomic E-state index is -0.688. The van der Waals surface area contributed by atoms with Gasteiger partial charge >= 0.3 is 11.9 Å². The average molecular weight is 496 g/mol. The van der Waals surface area contributed by atoms with E-state index in [9.17, 15) is 14.4 Å². The molecule has 3 atom stereocenters. The number of rotatable bonds is 8. The molecule has 1 fully saturated rings. The molecule has 2 aromatic rings. The van der Waals surface area contributed by atoms with Gasteiger partial charge in [0.05, 0.1) is 61.3 Å². The van der Waals surface area contributed by atoms with Gasteiger partial charge in [-0.15, -0.1) is 0 Å². The lowest BCUT2D eigenvalue weighted by Crippen LogP contribution is -2.47. The maximum Gasteiger partial charge on any atom is 0.309 e. The first-order valence-electron chi connectivity index (χ1n) is 11.9. The number of aromatic nitrogens is 2. The van der Waals surface area contributed by atoms with E-state index in [1.54, 1.807) is 45.4 Å². The molecule has 1 aromatic carbocycles. The third-order valence-electron chi connectivity index (χ3n) is 5.90. The van der Waals surface area contributed by atoms with Crippen LogP contribution in [-0.2, 0) is 30.4 Å². The molecule has 0 spiro atoms. The van der Waals surface area contributed by atoms with Gasteiger partial charge < -0.3 is 24.7 Å².